The minimum Gasteiger partial charge on any atom is -0.384 e. The van der Waals surface area contributed by atoms with Crippen LogP contribution >= 0.6 is 0 Å². The molecule has 0 aromatic heterocycles. The Balaban J connectivity index is 2.23. The molecule has 0 amide bonds. The van der Waals surface area contributed by atoms with Crippen molar-refractivity contribution in [3.8, 4) is 0 Å². The van der Waals surface area contributed by atoms with Gasteiger partial charge in [-0.15, -0.1) is 0 Å². The highest BCUT2D eigenvalue weighted by Gasteiger charge is 2.21. The zero-order chi connectivity index (χ0) is 12.4. The lowest BCUT2D eigenvalue weighted by atomic mass is 10.1. The van der Waals surface area contributed by atoms with Crippen LogP contribution in [0.25, 0.3) is 0 Å². The molecular formula is C13H18FN3. The van der Waals surface area contributed by atoms with Gasteiger partial charge in [-0.1, -0.05) is 12.8 Å². The molecule has 17 heavy (non-hydrogen) atoms. The van der Waals surface area contributed by atoms with Crippen LogP contribution in [-0.4, -0.2) is 18.9 Å². The summed E-state index contributed by atoms with van der Waals surface area (Å²) in [5.74, 6) is -0.397. The third kappa shape index (κ3) is 2.40. The summed E-state index contributed by atoms with van der Waals surface area (Å²) < 4.78 is 13.9. The molecule has 0 aliphatic heterocycles. The number of amidine groups is 1. The number of rotatable bonds is 3. The van der Waals surface area contributed by atoms with Gasteiger partial charge in [-0.05, 0) is 31.0 Å². The quantitative estimate of drug-likeness (QED) is 0.624. The van der Waals surface area contributed by atoms with Crippen LogP contribution in [0.3, 0.4) is 0 Å². The van der Waals surface area contributed by atoms with Crippen LogP contribution in [-0.2, 0) is 0 Å². The summed E-state index contributed by atoms with van der Waals surface area (Å²) in [6.45, 7) is 0. The number of nitrogen functional groups attached to an aromatic ring is 1. The van der Waals surface area contributed by atoms with Gasteiger partial charge in [0, 0.05) is 18.7 Å². The van der Waals surface area contributed by atoms with Crippen molar-refractivity contribution in [1.82, 2.24) is 0 Å². The first-order valence-corrected chi connectivity index (χ1v) is 5.96. The van der Waals surface area contributed by atoms with E-state index >= 15 is 0 Å². The van der Waals surface area contributed by atoms with Crippen LogP contribution < -0.4 is 10.6 Å². The van der Waals surface area contributed by atoms with E-state index in [0.29, 0.717) is 17.3 Å². The summed E-state index contributed by atoms with van der Waals surface area (Å²) in [6.07, 6.45) is 4.71. The van der Waals surface area contributed by atoms with Gasteiger partial charge < -0.3 is 10.6 Å². The van der Waals surface area contributed by atoms with Gasteiger partial charge in [0.05, 0.1) is 5.69 Å². The minimum absolute atomic E-state index is 0.0982. The maximum absolute atomic E-state index is 13.9. The fourth-order valence-electron chi connectivity index (χ4n) is 2.45. The molecule has 0 heterocycles. The van der Waals surface area contributed by atoms with Gasteiger partial charge in [0.1, 0.15) is 11.7 Å². The first kappa shape index (κ1) is 11.9. The SMILES string of the molecule is CN(c1ccc(C(=N)N)cc1F)C1CCCC1. The number of nitrogens with two attached hydrogens (primary N) is 1. The smallest absolute Gasteiger partial charge is 0.147 e. The maximum Gasteiger partial charge on any atom is 0.147 e. The van der Waals surface area contributed by atoms with E-state index < -0.39 is 0 Å². The van der Waals surface area contributed by atoms with Gasteiger partial charge in [-0.3, -0.25) is 5.41 Å². The predicted molar refractivity (Wildman–Crippen MR) is 68.1 cm³/mol. The Bertz CT molecular complexity index is 425. The van der Waals surface area contributed by atoms with Crippen LogP contribution in [0, 0.1) is 11.2 Å². The average molecular weight is 235 g/mol. The Labute approximate surface area is 101 Å². The van der Waals surface area contributed by atoms with E-state index in [-0.39, 0.29) is 11.7 Å². The second kappa shape index (κ2) is 4.73. The molecule has 1 saturated carbocycles. The topological polar surface area (TPSA) is 53.1 Å². The van der Waals surface area contributed by atoms with E-state index in [9.17, 15) is 4.39 Å². The number of nitrogens with one attached hydrogen (secondary N) is 1. The van der Waals surface area contributed by atoms with Crippen molar-refractivity contribution in [3.63, 3.8) is 0 Å². The van der Waals surface area contributed by atoms with Crippen LogP contribution in [0.15, 0.2) is 18.2 Å². The molecule has 4 heteroatoms. The molecule has 0 radical (unpaired) electrons. The second-order valence-corrected chi connectivity index (χ2v) is 4.63. The van der Waals surface area contributed by atoms with Gasteiger partial charge in [0.15, 0.2) is 0 Å². The summed E-state index contributed by atoms with van der Waals surface area (Å²) in [5.41, 5.74) is 6.37. The zero-order valence-electron chi connectivity index (χ0n) is 10.0. The summed E-state index contributed by atoms with van der Waals surface area (Å²) in [7, 11) is 1.93. The standard InChI is InChI=1S/C13H18FN3/c1-17(10-4-2-3-5-10)12-7-6-9(13(15)16)8-11(12)14/h6-8,10H,2-5H2,1H3,(H3,15,16). The van der Waals surface area contributed by atoms with E-state index in [1.54, 1.807) is 12.1 Å². The summed E-state index contributed by atoms with van der Waals surface area (Å²) >= 11 is 0. The van der Waals surface area contributed by atoms with E-state index in [1.807, 2.05) is 11.9 Å². The third-order valence-corrected chi connectivity index (χ3v) is 3.51. The van der Waals surface area contributed by atoms with Crippen molar-refractivity contribution in [2.45, 2.75) is 31.7 Å². The highest BCUT2D eigenvalue weighted by Crippen LogP contribution is 2.28. The Hall–Kier alpha value is -1.58. The molecule has 0 saturated heterocycles. The van der Waals surface area contributed by atoms with E-state index in [2.05, 4.69) is 0 Å². The van der Waals surface area contributed by atoms with Crippen molar-refractivity contribution >= 4 is 11.5 Å². The number of hydrogen-bond donors (Lipinski definition) is 2. The van der Waals surface area contributed by atoms with Crippen molar-refractivity contribution < 1.29 is 4.39 Å². The Morgan fingerprint density at radius 3 is 2.59 bits per heavy atom. The van der Waals surface area contributed by atoms with Gasteiger partial charge in [-0.25, -0.2) is 4.39 Å². The lowest BCUT2D eigenvalue weighted by Gasteiger charge is -2.27. The minimum atomic E-state index is -0.299. The average Bonchev–Trinajstić information content (AvgIpc) is 2.81. The van der Waals surface area contributed by atoms with Gasteiger partial charge in [0.2, 0.25) is 0 Å². The zero-order valence-corrected chi connectivity index (χ0v) is 10.0. The molecule has 2 rings (SSSR count). The lowest BCUT2D eigenvalue weighted by molar-refractivity contribution is 0.595. The molecular weight excluding hydrogens is 217 g/mol. The monoisotopic (exact) mass is 235 g/mol. The Kier molecular flexibility index (Phi) is 3.31. The Morgan fingerprint density at radius 2 is 2.06 bits per heavy atom. The van der Waals surface area contributed by atoms with Crippen LogP contribution in [0.5, 0.6) is 0 Å². The van der Waals surface area contributed by atoms with E-state index in [0.717, 1.165) is 12.8 Å². The number of benzene rings is 1. The largest absolute Gasteiger partial charge is 0.384 e. The van der Waals surface area contributed by atoms with Crippen molar-refractivity contribution in [3.05, 3.63) is 29.6 Å². The fraction of sp³-hybridized carbons (Fsp3) is 0.462. The number of hydrogen-bond acceptors (Lipinski definition) is 2. The Morgan fingerprint density at radius 1 is 1.41 bits per heavy atom. The van der Waals surface area contributed by atoms with Gasteiger partial charge >= 0.3 is 0 Å². The summed E-state index contributed by atoms with van der Waals surface area (Å²) in [6, 6.07) is 5.19. The first-order chi connectivity index (χ1) is 8.09. The molecule has 0 unspecified atom stereocenters. The van der Waals surface area contributed by atoms with Crippen LogP contribution in [0.1, 0.15) is 31.2 Å². The molecule has 0 bridgehead atoms. The molecule has 1 aromatic carbocycles. The predicted octanol–water partition coefficient (Wildman–Crippen LogP) is 2.49. The molecule has 0 atom stereocenters. The molecule has 3 nitrogen and oxygen atoms in total. The highest BCUT2D eigenvalue weighted by molar-refractivity contribution is 5.95. The number of halogens is 1. The van der Waals surface area contributed by atoms with E-state index in [4.69, 9.17) is 11.1 Å². The third-order valence-electron chi connectivity index (χ3n) is 3.51. The molecule has 1 aliphatic rings. The number of nitrogens with zero attached hydrogens (tertiary/aromatic N) is 1. The molecule has 1 fully saturated rings. The highest BCUT2D eigenvalue weighted by atomic mass is 19.1. The molecule has 92 valence electrons. The fourth-order valence-corrected chi connectivity index (χ4v) is 2.45. The summed E-state index contributed by atoms with van der Waals surface area (Å²) in [5, 5.41) is 7.27. The second-order valence-electron chi connectivity index (χ2n) is 4.63. The maximum atomic E-state index is 13.9. The first-order valence-electron chi connectivity index (χ1n) is 5.96. The van der Waals surface area contributed by atoms with Crippen LogP contribution in [0.4, 0.5) is 10.1 Å². The van der Waals surface area contributed by atoms with E-state index in [1.165, 1.54) is 18.9 Å². The van der Waals surface area contributed by atoms with Gasteiger partial charge in [0.25, 0.3) is 0 Å². The van der Waals surface area contributed by atoms with Crippen LogP contribution in [0.2, 0.25) is 0 Å². The molecule has 1 aromatic rings. The number of anilines is 1. The summed E-state index contributed by atoms with van der Waals surface area (Å²) in [4.78, 5) is 2.01. The molecule has 0 spiro atoms. The van der Waals surface area contributed by atoms with Crippen molar-refractivity contribution in [2.24, 2.45) is 5.73 Å². The molecule has 3 N–H and O–H groups in total. The van der Waals surface area contributed by atoms with Crippen molar-refractivity contribution in [1.29, 1.82) is 5.41 Å². The van der Waals surface area contributed by atoms with Gasteiger partial charge in [-0.2, -0.15) is 0 Å². The van der Waals surface area contributed by atoms with Crippen molar-refractivity contribution in [2.75, 3.05) is 11.9 Å². The normalized spacial score (nSPS) is 16.1. The lowest BCUT2D eigenvalue weighted by Crippen LogP contribution is -2.29. The molecule has 1 aliphatic carbocycles.